The van der Waals surface area contributed by atoms with Gasteiger partial charge in [0.05, 0.1) is 17.8 Å². The monoisotopic (exact) mass is 350 g/mol. The van der Waals surface area contributed by atoms with Gasteiger partial charge < -0.3 is 14.8 Å². The maximum Gasteiger partial charge on any atom is 0.363 e. The van der Waals surface area contributed by atoms with Gasteiger partial charge in [0.25, 0.3) is 5.91 Å². The van der Waals surface area contributed by atoms with Crippen molar-refractivity contribution in [3.63, 3.8) is 0 Å². The van der Waals surface area contributed by atoms with E-state index in [-0.39, 0.29) is 24.8 Å². The number of aromatic nitrogens is 2. The van der Waals surface area contributed by atoms with Crippen molar-refractivity contribution in [1.29, 1.82) is 0 Å². The molecule has 0 radical (unpaired) electrons. The minimum absolute atomic E-state index is 0.0207. The highest BCUT2D eigenvalue weighted by atomic mass is 16.5. The molecule has 1 N–H and O–H groups in total. The summed E-state index contributed by atoms with van der Waals surface area (Å²) in [5.41, 5.74) is 1.92. The van der Waals surface area contributed by atoms with Crippen LogP contribution in [0.3, 0.4) is 0 Å². The number of nitrogens with zero attached hydrogens (tertiary/aromatic N) is 2. The fourth-order valence-corrected chi connectivity index (χ4v) is 2.84. The maximum atomic E-state index is 12.4. The van der Waals surface area contributed by atoms with Gasteiger partial charge >= 0.3 is 5.97 Å². The first kappa shape index (κ1) is 16.0. The molecule has 1 aromatic carbocycles. The van der Waals surface area contributed by atoms with E-state index in [4.69, 9.17) is 9.47 Å². The van der Waals surface area contributed by atoms with Crippen LogP contribution in [0.2, 0.25) is 0 Å². The lowest BCUT2D eigenvalue weighted by Crippen LogP contribution is -2.32. The Morgan fingerprint density at radius 2 is 2.08 bits per heavy atom. The number of ether oxygens (including phenoxy) is 2. The Labute approximate surface area is 149 Å². The number of rotatable bonds is 3. The number of carbonyl (C=O) groups excluding carboxylic acids is 2. The lowest BCUT2D eigenvalue weighted by molar-refractivity contribution is -0.596. The van der Waals surface area contributed by atoms with Gasteiger partial charge in [-0.3, -0.25) is 4.79 Å². The molecule has 0 unspecified atom stereocenters. The molecule has 130 valence electrons. The van der Waals surface area contributed by atoms with E-state index in [1.807, 2.05) is 36.7 Å². The first-order chi connectivity index (χ1) is 12.7. The molecule has 26 heavy (non-hydrogen) atoms. The molecule has 0 saturated carbocycles. The van der Waals surface area contributed by atoms with Crippen LogP contribution in [0.15, 0.2) is 48.8 Å². The van der Waals surface area contributed by atoms with Crippen LogP contribution in [0.5, 0.6) is 5.75 Å². The smallest absolute Gasteiger partial charge is 0.363 e. The Balaban J connectivity index is 1.93. The van der Waals surface area contributed by atoms with Gasteiger partial charge in [-0.15, -0.1) is 0 Å². The van der Waals surface area contributed by atoms with E-state index in [9.17, 15) is 9.59 Å². The van der Waals surface area contributed by atoms with Gasteiger partial charge in [-0.25, -0.2) is 9.78 Å². The molecule has 1 aliphatic heterocycles. The van der Waals surface area contributed by atoms with Gasteiger partial charge in [0.1, 0.15) is 5.75 Å². The summed E-state index contributed by atoms with van der Waals surface area (Å²) in [5, 5.41) is 3.54. The molecule has 0 atom stereocenters. The van der Waals surface area contributed by atoms with E-state index in [1.165, 1.54) is 0 Å². The van der Waals surface area contributed by atoms with Crippen LogP contribution in [-0.2, 0) is 9.53 Å². The maximum absolute atomic E-state index is 12.4. The SMILES string of the molecule is CCOC(=O)c1nc2cc3c(cc2cc1-[n+]1ccccc1)OCC(=O)N3. The average molecular weight is 350 g/mol. The fourth-order valence-electron chi connectivity index (χ4n) is 2.84. The lowest BCUT2D eigenvalue weighted by Gasteiger charge is -2.18. The Kier molecular flexibility index (Phi) is 3.96. The number of hydrogen-bond acceptors (Lipinski definition) is 5. The predicted molar refractivity (Wildman–Crippen MR) is 93.4 cm³/mol. The third kappa shape index (κ3) is 2.83. The van der Waals surface area contributed by atoms with Crippen LogP contribution >= 0.6 is 0 Å². The van der Waals surface area contributed by atoms with Gasteiger partial charge in [0.15, 0.2) is 19.0 Å². The first-order valence-corrected chi connectivity index (χ1v) is 8.21. The largest absolute Gasteiger partial charge is 0.482 e. The normalized spacial score (nSPS) is 12.9. The molecular weight excluding hydrogens is 334 g/mol. The second kappa shape index (κ2) is 6.44. The number of amides is 1. The van der Waals surface area contributed by atoms with E-state index in [2.05, 4.69) is 10.3 Å². The molecular formula is C19H16N3O4+. The van der Waals surface area contributed by atoms with Gasteiger partial charge in [-0.05, 0) is 19.1 Å². The summed E-state index contributed by atoms with van der Waals surface area (Å²) in [6.07, 6.45) is 3.67. The molecule has 0 fully saturated rings. The molecule has 0 bridgehead atoms. The van der Waals surface area contributed by atoms with E-state index in [0.29, 0.717) is 22.6 Å². The van der Waals surface area contributed by atoms with Gasteiger partial charge in [-0.1, -0.05) is 6.07 Å². The summed E-state index contributed by atoms with van der Waals surface area (Å²) in [6, 6.07) is 11.0. The summed E-state index contributed by atoms with van der Waals surface area (Å²) in [5.74, 6) is -0.149. The average Bonchev–Trinajstić information content (AvgIpc) is 2.66. The Hall–Kier alpha value is -3.48. The quantitative estimate of drug-likeness (QED) is 0.577. The number of hydrogen-bond donors (Lipinski definition) is 1. The number of nitrogens with one attached hydrogen (secondary N) is 1. The zero-order chi connectivity index (χ0) is 18.1. The van der Waals surface area contributed by atoms with E-state index in [0.717, 1.165) is 5.39 Å². The van der Waals surface area contributed by atoms with Crippen molar-refractivity contribution in [3.05, 3.63) is 54.5 Å². The summed E-state index contributed by atoms with van der Waals surface area (Å²) >= 11 is 0. The van der Waals surface area contributed by atoms with Crippen molar-refractivity contribution in [2.45, 2.75) is 6.92 Å². The van der Waals surface area contributed by atoms with Crippen LogP contribution in [0.4, 0.5) is 5.69 Å². The molecule has 7 heteroatoms. The minimum Gasteiger partial charge on any atom is -0.482 e. The molecule has 4 rings (SSSR count). The summed E-state index contributed by atoms with van der Waals surface area (Å²) in [7, 11) is 0. The zero-order valence-electron chi connectivity index (χ0n) is 14.1. The second-order valence-electron chi connectivity index (χ2n) is 5.74. The lowest BCUT2D eigenvalue weighted by atomic mass is 10.1. The predicted octanol–water partition coefficient (Wildman–Crippen LogP) is 2.02. The number of anilines is 1. The van der Waals surface area contributed by atoms with Crippen molar-refractivity contribution in [2.24, 2.45) is 0 Å². The second-order valence-corrected chi connectivity index (χ2v) is 5.74. The minimum atomic E-state index is -0.501. The molecule has 0 saturated heterocycles. The van der Waals surface area contributed by atoms with Crippen LogP contribution in [0, 0.1) is 0 Å². The Morgan fingerprint density at radius 3 is 2.85 bits per heavy atom. The van der Waals surface area contributed by atoms with Crippen LogP contribution in [0.1, 0.15) is 17.4 Å². The number of pyridine rings is 2. The van der Waals surface area contributed by atoms with Crippen LogP contribution < -0.4 is 14.6 Å². The highest BCUT2D eigenvalue weighted by Crippen LogP contribution is 2.32. The molecule has 0 aliphatic carbocycles. The zero-order valence-corrected chi connectivity index (χ0v) is 14.1. The topological polar surface area (TPSA) is 81.4 Å². The molecule has 2 aromatic heterocycles. The number of carbonyl (C=O) groups is 2. The highest BCUT2D eigenvalue weighted by molar-refractivity contribution is 6.00. The standard InChI is InChI=1S/C19H15N3O4/c1-2-25-19(24)18-15(22-6-4-3-5-7-22)8-12-9-16-14(10-13(12)21-18)20-17(23)11-26-16/h3-10H,2,11H2,1H3/p+1. The van der Waals surface area contributed by atoms with Gasteiger partial charge in [0, 0.05) is 23.6 Å². The van der Waals surface area contributed by atoms with Gasteiger partial charge in [-0.2, -0.15) is 4.57 Å². The van der Waals surface area contributed by atoms with E-state index >= 15 is 0 Å². The van der Waals surface area contributed by atoms with Crippen molar-refractivity contribution in [2.75, 3.05) is 18.5 Å². The molecule has 3 heterocycles. The molecule has 3 aromatic rings. The summed E-state index contributed by atoms with van der Waals surface area (Å²) < 4.78 is 12.4. The van der Waals surface area contributed by atoms with Crippen molar-refractivity contribution in [3.8, 4) is 11.4 Å². The number of esters is 1. The van der Waals surface area contributed by atoms with Gasteiger partial charge in [0.2, 0.25) is 11.4 Å². The molecule has 0 spiro atoms. The molecule has 1 aliphatic rings. The van der Waals surface area contributed by atoms with Crippen molar-refractivity contribution < 1.29 is 23.6 Å². The first-order valence-electron chi connectivity index (χ1n) is 8.21. The number of benzene rings is 1. The Morgan fingerprint density at radius 1 is 1.27 bits per heavy atom. The molecule has 1 amide bonds. The van der Waals surface area contributed by atoms with Crippen LogP contribution in [0.25, 0.3) is 16.6 Å². The third-order valence-electron chi connectivity index (χ3n) is 3.99. The number of fused-ring (bicyclic) bond motifs is 2. The highest BCUT2D eigenvalue weighted by Gasteiger charge is 2.25. The van der Waals surface area contributed by atoms with Crippen molar-refractivity contribution >= 4 is 28.5 Å². The van der Waals surface area contributed by atoms with Crippen LogP contribution in [-0.4, -0.2) is 30.1 Å². The summed E-state index contributed by atoms with van der Waals surface area (Å²) in [4.78, 5) is 28.5. The van der Waals surface area contributed by atoms with Crippen molar-refractivity contribution in [1.82, 2.24) is 4.98 Å². The van der Waals surface area contributed by atoms with E-state index in [1.54, 1.807) is 23.6 Å². The van der Waals surface area contributed by atoms with E-state index < -0.39 is 5.97 Å². The third-order valence-corrected chi connectivity index (χ3v) is 3.99. The summed E-state index contributed by atoms with van der Waals surface area (Å²) in [6.45, 7) is 1.98. The fraction of sp³-hybridized carbons (Fsp3) is 0.158. The Bertz CT molecular complexity index is 1020. The molecule has 7 nitrogen and oxygen atoms in total.